The molecule has 84 valence electrons. The summed E-state index contributed by atoms with van der Waals surface area (Å²) in [6, 6.07) is 0. The lowest BCUT2D eigenvalue weighted by molar-refractivity contribution is 0.764. The summed E-state index contributed by atoms with van der Waals surface area (Å²) < 4.78 is 1.84. The molecule has 0 fully saturated rings. The molecule has 2 aromatic rings. The van der Waals surface area contributed by atoms with E-state index in [-0.39, 0.29) is 5.28 Å². The molecule has 0 N–H and O–H groups in total. The van der Waals surface area contributed by atoms with Crippen LogP contribution in [0.3, 0.4) is 0 Å². The van der Waals surface area contributed by atoms with Crippen molar-refractivity contribution in [3.8, 4) is 0 Å². The van der Waals surface area contributed by atoms with Crippen molar-refractivity contribution in [1.29, 1.82) is 0 Å². The average molecular weight is 276 g/mol. The summed E-state index contributed by atoms with van der Waals surface area (Å²) in [5.41, 5.74) is 0. The molecule has 0 atom stereocenters. The zero-order valence-electron chi connectivity index (χ0n) is 8.48. The highest BCUT2D eigenvalue weighted by molar-refractivity contribution is 7.99. The molecular formula is C8H7Cl2N5S. The number of halogens is 2. The van der Waals surface area contributed by atoms with Crippen LogP contribution in [0.15, 0.2) is 16.4 Å². The summed E-state index contributed by atoms with van der Waals surface area (Å²) in [7, 11) is 1.87. The van der Waals surface area contributed by atoms with E-state index in [0.717, 1.165) is 5.82 Å². The highest BCUT2D eigenvalue weighted by Gasteiger charge is 2.11. The zero-order valence-corrected chi connectivity index (χ0v) is 10.8. The fraction of sp³-hybridized carbons (Fsp3) is 0.250. The molecule has 5 nitrogen and oxygen atoms in total. The molecule has 0 bridgehead atoms. The van der Waals surface area contributed by atoms with Crippen molar-refractivity contribution in [1.82, 2.24) is 24.7 Å². The van der Waals surface area contributed by atoms with Gasteiger partial charge in [0.15, 0.2) is 5.16 Å². The maximum atomic E-state index is 5.94. The van der Waals surface area contributed by atoms with Crippen LogP contribution in [0.25, 0.3) is 0 Å². The number of rotatable bonds is 2. The largest absolute Gasteiger partial charge is 0.309 e. The first-order chi connectivity index (χ1) is 7.58. The van der Waals surface area contributed by atoms with E-state index >= 15 is 0 Å². The van der Waals surface area contributed by atoms with Gasteiger partial charge in [0.2, 0.25) is 5.28 Å². The second-order valence-corrected chi connectivity index (χ2v) is 4.68. The van der Waals surface area contributed by atoms with E-state index < -0.39 is 0 Å². The van der Waals surface area contributed by atoms with Crippen molar-refractivity contribution in [2.45, 2.75) is 17.1 Å². The van der Waals surface area contributed by atoms with E-state index in [2.05, 4.69) is 20.2 Å². The molecule has 16 heavy (non-hydrogen) atoms. The molecule has 0 aliphatic heterocycles. The molecule has 0 unspecified atom stereocenters. The minimum absolute atomic E-state index is 0.158. The summed E-state index contributed by atoms with van der Waals surface area (Å²) in [5.74, 6) is 0.818. The van der Waals surface area contributed by atoms with Crippen molar-refractivity contribution in [2.75, 3.05) is 0 Å². The second kappa shape index (κ2) is 4.57. The number of hydrogen-bond donors (Lipinski definition) is 0. The van der Waals surface area contributed by atoms with E-state index in [9.17, 15) is 0 Å². The van der Waals surface area contributed by atoms with Crippen LogP contribution in [0.4, 0.5) is 0 Å². The van der Waals surface area contributed by atoms with Crippen molar-refractivity contribution in [3.05, 3.63) is 22.3 Å². The summed E-state index contributed by atoms with van der Waals surface area (Å²) >= 11 is 12.9. The Morgan fingerprint density at radius 3 is 2.69 bits per heavy atom. The van der Waals surface area contributed by atoms with E-state index in [1.54, 1.807) is 0 Å². The topological polar surface area (TPSA) is 56.5 Å². The van der Waals surface area contributed by atoms with Crippen molar-refractivity contribution in [3.63, 3.8) is 0 Å². The minimum atomic E-state index is 0.158. The van der Waals surface area contributed by atoms with Gasteiger partial charge in [0.25, 0.3) is 0 Å². The first-order valence-corrected chi connectivity index (χ1v) is 5.87. The minimum Gasteiger partial charge on any atom is -0.309 e. The van der Waals surface area contributed by atoms with Crippen LogP contribution >= 0.6 is 35.0 Å². The van der Waals surface area contributed by atoms with Crippen LogP contribution < -0.4 is 0 Å². The molecule has 2 rings (SSSR count). The number of nitrogens with zero attached hydrogens (tertiary/aromatic N) is 5. The molecule has 2 heterocycles. The van der Waals surface area contributed by atoms with Gasteiger partial charge in [0.1, 0.15) is 10.9 Å². The fourth-order valence-electron chi connectivity index (χ4n) is 0.966. The predicted octanol–water partition coefficient (Wildman–Crippen LogP) is 2.37. The van der Waals surface area contributed by atoms with Crippen molar-refractivity contribution >= 4 is 35.0 Å². The Morgan fingerprint density at radius 1 is 1.31 bits per heavy atom. The first kappa shape index (κ1) is 11.6. The summed E-state index contributed by atoms with van der Waals surface area (Å²) in [6.45, 7) is 1.87. The Hall–Kier alpha value is -0.850. The van der Waals surface area contributed by atoms with Gasteiger partial charge >= 0.3 is 0 Å². The third-order valence-electron chi connectivity index (χ3n) is 1.92. The maximum Gasteiger partial charge on any atom is 0.223 e. The van der Waals surface area contributed by atoms with Gasteiger partial charge in [-0.15, -0.1) is 10.2 Å². The van der Waals surface area contributed by atoms with Crippen LogP contribution in [-0.2, 0) is 7.05 Å². The third-order valence-corrected chi connectivity index (χ3v) is 3.54. The van der Waals surface area contributed by atoms with Gasteiger partial charge in [0.05, 0.1) is 11.2 Å². The SMILES string of the molecule is Cc1nnc(Sc2nc(Cl)ncc2Cl)n1C. The highest BCUT2D eigenvalue weighted by atomic mass is 35.5. The van der Waals surface area contributed by atoms with E-state index in [1.165, 1.54) is 18.0 Å². The lowest BCUT2D eigenvalue weighted by Gasteiger charge is -2.02. The molecule has 8 heteroatoms. The van der Waals surface area contributed by atoms with Crippen molar-refractivity contribution in [2.24, 2.45) is 7.05 Å². The Bertz CT molecular complexity index is 527. The lowest BCUT2D eigenvalue weighted by Crippen LogP contribution is -1.94. The van der Waals surface area contributed by atoms with E-state index in [0.29, 0.717) is 15.2 Å². The Morgan fingerprint density at radius 2 is 2.06 bits per heavy atom. The molecule has 0 aliphatic carbocycles. The number of aryl methyl sites for hydroxylation is 1. The maximum absolute atomic E-state index is 5.94. The fourth-order valence-corrected chi connectivity index (χ4v) is 2.16. The number of aromatic nitrogens is 5. The van der Waals surface area contributed by atoms with Gasteiger partial charge < -0.3 is 4.57 Å². The molecule has 0 saturated carbocycles. The van der Waals surface area contributed by atoms with E-state index in [4.69, 9.17) is 23.2 Å². The van der Waals surface area contributed by atoms with Gasteiger partial charge in [0, 0.05) is 7.05 Å². The average Bonchev–Trinajstić information content (AvgIpc) is 2.55. The normalized spacial score (nSPS) is 10.8. The van der Waals surface area contributed by atoms with Crippen molar-refractivity contribution < 1.29 is 0 Å². The van der Waals surface area contributed by atoms with Gasteiger partial charge in [-0.1, -0.05) is 11.6 Å². The predicted molar refractivity (Wildman–Crippen MR) is 61.9 cm³/mol. The molecular weight excluding hydrogens is 269 g/mol. The van der Waals surface area contributed by atoms with Gasteiger partial charge in [-0.2, -0.15) is 0 Å². The second-order valence-electron chi connectivity index (χ2n) is 2.98. The van der Waals surface area contributed by atoms with Gasteiger partial charge in [-0.05, 0) is 30.3 Å². The van der Waals surface area contributed by atoms with Crippen LogP contribution in [0.2, 0.25) is 10.3 Å². The monoisotopic (exact) mass is 275 g/mol. The van der Waals surface area contributed by atoms with Crippen LogP contribution in [0.5, 0.6) is 0 Å². The third kappa shape index (κ3) is 2.28. The summed E-state index contributed by atoms with van der Waals surface area (Å²) in [5, 5.41) is 9.80. The molecule has 0 aromatic carbocycles. The lowest BCUT2D eigenvalue weighted by atomic mass is 10.7. The molecule has 2 aromatic heterocycles. The van der Waals surface area contributed by atoms with Gasteiger partial charge in [-0.3, -0.25) is 0 Å². The Labute approximate surface area is 106 Å². The quantitative estimate of drug-likeness (QED) is 0.622. The standard InChI is InChI=1S/C8H7Cl2N5S/c1-4-13-14-8(15(4)2)16-6-5(9)3-11-7(10)12-6/h3H,1-2H3. The first-order valence-electron chi connectivity index (χ1n) is 4.30. The van der Waals surface area contributed by atoms with E-state index in [1.807, 2.05) is 18.5 Å². The molecule has 0 amide bonds. The smallest absolute Gasteiger partial charge is 0.223 e. The van der Waals surface area contributed by atoms with Crippen LogP contribution in [-0.4, -0.2) is 24.7 Å². The molecule has 0 radical (unpaired) electrons. The summed E-state index contributed by atoms with van der Waals surface area (Å²) in [4.78, 5) is 7.80. The Kier molecular flexibility index (Phi) is 3.32. The summed E-state index contributed by atoms with van der Waals surface area (Å²) in [6.07, 6.45) is 1.46. The molecule has 0 aliphatic rings. The van der Waals surface area contributed by atoms with Crippen LogP contribution in [0, 0.1) is 6.92 Å². The van der Waals surface area contributed by atoms with Crippen LogP contribution in [0.1, 0.15) is 5.82 Å². The number of hydrogen-bond acceptors (Lipinski definition) is 5. The Balaban J connectivity index is 2.33. The van der Waals surface area contributed by atoms with Gasteiger partial charge in [-0.25, -0.2) is 9.97 Å². The molecule has 0 spiro atoms. The highest BCUT2D eigenvalue weighted by Crippen LogP contribution is 2.30. The molecule has 0 saturated heterocycles. The zero-order chi connectivity index (χ0) is 11.7.